The second kappa shape index (κ2) is 4.61. The Balaban J connectivity index is 1.91. The molecule has 0 radical (unpaired) electrons. The molecule has 2 aromatic heterocycles. The van der Waals surface area contributed by atoms with Crippen molar-refractivity contribution in [2.24, 2.45) is 0 Å². The Kier molecular flexibility index (Phi) is 2.94. The molecule has 2 aromatic rings. The first-order chi connectivity index (χ1) is 9.13. The van der Waals surface area contributed by atoms with Gasteiger partial charge in [0, 0.05) is 27.2 Å². The molecule has 8 nitrogen and oxygen atoms in total. The van der Waals surface area contributed by atoms with Crippen molar-refractivity contribution in [2.75, 3.05) is 30.4 Å². The van der Waals surface area contributed by atoms with E-state index in [1.807, 2.05) is 23.6 Å². The highest BCUT2D eigenvalue weighted by atomic mass is 35.5. The van der Waals surface area contributed by atoms with Crippen molar-refractivity contribution in [3.63, 3.8) is 0 Å². The van der Waals surface area contributed by atoms with Crippen molar-refractivity contribution in [3.8, 4) is 0 Å². The maximum absolute atomic E-state index is 5.94. The minimum absolute atomic E-state index is 0.195. The van der Waals surface area contributed by atoms with Gasteiger partial charge in [-0.25, -0.2) is 0 Å². The summed E-state index contributed by atoms with van der Waals surface area (Å²) in [5.74, 6) is 2.01. The Morgan fingerprint density at radius 1 is 1.21 bits per heavy atom. The van der Waals surface area contributed by atoms with Crippen molar-refractivity contribution in [3.05, 3.63) is 17.4 Å². The lowest BCUT2D eigenvalue weighted by atomic mass is 10.4. The highest BCUT2D eigenvalue weighted by Crippen LogP contribution is 2.19. The average molecular weight is 281 g/mol. The van der Waals surface area contributed by atoms with Gasteiger partial charge in [0.15, 0.2) is 5.82 Å². The molecule has 0 N–H and O–H groups in total. The lowest BCUT2D eigenvalue weighted by Gasteiger charge is -2.27. The van der Waals surface area contributed by atoms with E-state index in [2.05, 4.69) is 25.1 Å². The quantitative estimate of drug-likeness (QED) is 0.778. The van der Waals surface area contributed by atoms with Crippen LogP contribution in [0, 0.1) is 0 Å². The van der Waals surface area contributed by atoms with Gasteiger partial charge >= 0.3 is 0 Å². The van der Waals surface area contributed by atoms with Crippen molar-refractivity contribution in [1.82, 2.24) is 29.7 Å². The maximum Gasteiger partial charge on any atom is 0.231 e. The number of aromatic nitrogens is 6. The zero-order chi connectivity index (χ0) is 13.4. The lowest BCUT2D eigenvalue weighted by Crippen LogP contribution is -2.35. The summed E-state index contributed by atoms with van der Waals surface area (Å²) in [6.45, 7) is 2.22. The molecule has 0 aliphatic carbocycles. The first-order valence-corrected chi connectivity index (χ1v) is 6.22. The fourth-order valence-electron chi connectivity index (χ4n) is 1.91. The third kappa shape index (κ3) is 2.30. The highest BCUT2D eigenvalue weighted by molar-refractivity contribution is 6.28. The zero-order valence-corrected chi connectivity index (χ0v) is 11.4. The van der Waals surface area contributed by atoms with Crippen LogP contribution >= 0.6 is 11.6 Å². The molecule has 0 aromatic carbocycles. The molecule has 0 bridgehead atoms. The van der Waals surface area contributed by atoms with E-state index in [-0.39, 0.29) is 5.28 Å². The Labute approximate surface area is 115 Å². The van der Waals surface area contributed by atoms with E-state index in [1.165, 1.54) is 0 Å². The van der Waals surface area contributed by atoms with E-state index < -0.39 is 0 Å². The zero-order valence-electron chi connectivity index (χ0n) is 10.7. The van der Waals surface area contributed by atoms with Crippen LogP contribution in [0.2, 0.25) is 5.28 Å². The minimum atomic E-state index is 0.195. The summed E-state index contributed by atoms with van der Waals surface area (Å²) in [5.41, 5.74) is 0. The first-order valence-electron chi connectivity index (χ1n) is 5.84. The van der Waals surface area contributed by atoms with Crippen LogP contribution < -0.4 is 9.80 Å². The minimum Gasteiger partial charge on any atom is -0.347 e. The van der Waals surface area contributed by atoms with Gasteiger partial charge in [0.1, 0.15) is 6.33 Å². The average Bonchev–Trinajstić information content (AvgIpc) is 2.85. The van der Waals surface area contributed by atoms with Crippen LogP contribution in [0.3, 0.4) is 0 Å². The lowest BCUT2D eigenvalue weighted by molar-refractivity contribution is 0.550. The van der Waals surface area contributed by atoms with Gasteiger partial charge in [-0.1, -0.05) is 0 Å². The molecule has 0 fully saturated rings. The van der Waals surface area contributed by atoms with Crippen LogP contribution in [0.15, 0.2) is 6.33 Å². The number of anilines is 2. The molecule has 1 aliphatic heterocycles. The molecule has 0 unspecified atom stereocenters. The van der Waals surface area contributed by atoms with Crippen LogP contribution in [0.25, 0.3) is 0 Å². The van der Waals surface area contributed by atoms with Gasteiger partial charge < -0.3 is 14.4 Å². The molecule has 3 rings (SSSR count). The van der Waals surface area contributed by atoms with Crippen molar-refractivity contribution >= 4 is 23.5 Å². The second-order valence-electron chi connectivity index (χ2n) is 4.46. The van der Waals surface area contributed by atoms with Gasteiger partial charge in [0.2, 0.25) is 17.2 Å². The number of halogens is 1. The summed E-state index contributed by atoms with van der Waals surface area (Å²) < 4.78 is 2.02. The Morgan fingerprint density at radius 3 is 2.84 bits per heavy atom. The second-order valence-corrected chi connectivity index (χ2v) is 4.80. The standard InChI is InChI=1S/C10H13ClN8/c1-17(2)9-13-8(11)14-10(15-9)18-3-4-19-6-12-16-7(19)5-18/h6H,3-5H2,1-2H3. The normalized spacial score (nSPS) is 14.4. The van der Waals surface area contributed by atoms with Crippen LogP contribution in [-0.4, -0.2) is 50.4 Å². The van der Waals surface area contributed by atoms with Gasteiger partial charge in [-0.2, -0.15) is 15.0 Å². The van der Waals surface area contributed by atoms with E-state index in [0.717, 1.165) is 18.9 Å². The Bertz CT molecular complexity index is 595. The molecule has 19 heavy (non-hydrogen) atoms. The molecular formula is C10H13ClN8. The summed E-state index contributed by atoms with van der Waals surface area (Å²) in [4.78, 5) is 16.5. The molecule has 0 amide bonds. The highest BCUT2D eigenvalue weighted by Gasteiger charge is 2.21. The molecular weight excluding hydrogens is 268 g/mol. The summed E-state index contributed by atoms with van der Waals surface area (Å²) in [7, 11) is 3.73. The molecule has 100 valence electrons. The number of rotatable bonds is 2. The summed E-state index contributed by atoms with van der Waals surface area (Å²) in [6, 6.07) is 0. The number of hydrogen-bond donors (Lipinski definition) is 0. The molecule has 9 heteroatoms. The molecule has 0 spiro atoms. The fourth-order valence-corrected chi connectivity index (χ4v) is 2.06. The van der Waals surface area contributed by atoms with Crippen LogP contribution in [0.1, 0.15) is 5.82 Å². The topological polar surface area (TPSA) is 75.9 Å². The smallest absolute Gasteiger partial charge is 0.231 e. The van der Waals surface area contributed by atoms with Crippen LogP contribution in [0.5, 0.6) is 0 Å². The van der Waals surface area contributed by atoms with Gasteiger partial charge in [0.25, 0.3) is 0 Å². The van der Waals surface area contributed by atoms with Crippen molar-refractivity contribution in [2.45, 2.75) is 13.1 Å². The van der Waals surface area contributed by atoms with Gasteiger partial charge in [-0.05, 0) is 11.6 Å². The number of nitrogens with zero attached hydrogens (tertiary/aromatic N) is 8. The van der Waals surface area contributed by atoms with Gasteiger partial charge in [0.05, 0.1) is 6.54 Å². The predicted molar refractivity (Wildman–Crippen MR) is 70.2 cm³/mol. The summed E-state index contributed by atoms with van der Waals surface area (Å²) in [5, 5.41) is 8.16. The predicted octanol–water partition coefficient (Wildman–Crippen LogP) is 0.203. The van der Waals surface area contributed by atoms with E-state index in [9.17, 15) is 0 Å². The van der Waals surface area contributed by atoms with Crippen LogP contribution in [-0.2, 0) is 13.1 Å². The fraction of sp³-hybridized carbons (Fsp3) is 0.500. The van der Waals surface area contributed by atoms with E-state index in [0.29, 0.717) is 18.4 Å². The number of fused-ring (bicyclic) bond motifs is 1. The molecule has 0 atom stereocenters. The third-order valence-electron chi connectivity index (χ3n) is 2.91. The van der Waals surface area contributed by atoms with Crippen LogP contribution in [0.4, 0.5) is 11.9 Å². The summed E-state index contributed by atoms with van der Waals surface area (Å²) >= 11 is 5.94. The first kappa shape index (κ1) is 12.1. The number of hydrogen-bond acceptors (Lipinski definition) is 7. The van der Waals surface area contributed by atoms with E-state index in [4.69, 9.17) is 11.6 Å². The van der Waals surface area contributed by atoms with E-state index in [1.54, 1.807) is 11.2 Å². The Hall–Kier alpha value is -1.96. The summed E-state index contributed by atoms with van der Waals surface area (Å²) in [6.07, 6.45) is 1.73. The monoisotopic (exact) mass is 280 g/mol. The molecule has 3 heterocycles. The largest absolute Gasteiger partial charge is 0.347 e. The molecule has 0 saturated heterocycles. The SMILES string of the molecule is CN(C)c1nc(Cl)nc(N2CCn3cnnc3C2)n1. The maximum atomic E-state index is 5.94. The third-order valence-corrected chi connectivity index (χ3v) is 3.08. The van der Waals surface area contributed by atoms with Gasteiger partial charge in [-0.15, -0.1) is 10.2 Å². The molecule has 0 saturated carbocycles. The Morgan fingerprint density at radius 2 is 2.05 bits per heavy atom. The molecule has 1 aliphatic rings. The van der Waals surface area contributed by atoms with Gasteiger partial charge in [-0.3, -0.25) is 0 Å². The van der Waals surface area contributed by atoms with Crippen molar-refractivity contribution in [1.29, 1.82) is 0 Å². The van der Waals surface area contributed by atoms with E-state index >= 15 is 0 Å². The van der Waals surface area contributed by atoms with Crippen molar-refractivity contribution < 1.29 is 0 Å².